The molecule has 0 bridgehead atoms. The average Bonchev–Trinajstić information content (AvgIpc) is 2.76. The highest BCUT2D eigenvalue weighted by Crippen LogP contribution is 2.40. The number of halogens is 3. The lowest BCUT2D eigenvalue weighted by atomic mass is 10.1. The molecule has 184 valence electrons. The van der Waals surface area contributed by atoms with Crippen molar-refractivity contribution >= 4 is 33.4 Å². The van der Waals surface area contributed by atoms with Gasteiger partial charge in [-0.1, -0.05) is 6.07 Å². The van der Waals surface area contributed by atoms with Crippen LogP contribution in [0.1, 0.15) is 12.0 Å². The van der Waals surface area contributed by atoms with Crippen molar-refractivity contribution in [2.75, 3.05) is 29.3 Å². The molecular weight excluding hydrogens is 483 g/mol. The van der Waals surface area contributed by atoms with Crippen LogP contribution in [0.15, 0.2) is 47.4 Å². The lowest BCUT2D eigenvalue weighted by Crippen LogP contribution is -2.45. The summed E-state index contributed by atoms with van der Waals surface area (Å²) in [5.41, 5.74) is -1.28. The Hall–Kier alpha value is -3.52. The van der Waals surface area contributed by atoms with Gasteiger partial charge in [-0.15, -0.1) is 0 Å². The molecule has 2 aromatic rings. The van der Waals surface area contributed by atoms with E-state index >= 15 is 0 Å². The molecule has 4 N–H and O–H groups in total. The molecule has 1 aliphatic rings. The smallest absolute Gasteiger partial charge is 0.416 e. The number of carbonyl (C=O) groups is 2. The van der Waals surface area contributed by atoms with Gasteiger partial charge in [-0.3, -0.25) is 14.4 Å². The van der Waals surface area contributed by atoms with Gasteiger partial charge >= 0.3 is 12.3 Å². The maximum atomic E-state index is 13.4. The third kappa shape index (κ3) is 5.69. The van der Waals surface area contributed by atoms with Crippen LogP contribution in [-0.4, -0.2) is 56.4 Å². The van der Waals surface area contributed by atoms with Crippen molar-refractivity contribution in [3.05, 3.63) is 48.0 Å². The fourth-order valence-corrected chi connectivity index (χ4v) is 4.83. The first kappa shape index (κ1) is 25.1. The van der Waals surface area contributed by atoms with Gasteiger partial charge in [0.1, 0.15) is 11.9 Å². The Morgan fingerprint density at radius 3 is 2.56 bits per heavy atom. The standard InChI is InChI=1S/C20H20F3N3O7S/c21-20(22,23)12-2-1-3-15(8-12)34(31,32)26-11-14(10-18(28)24-6-7-27)33-17-5-4-13(9-16(17)26)25-19(29)30/h1-5,8-9,14,25,27H,6-7,10-11H2,(H,24,28)(H,29,30). The second-order valence-corrected chi connectivity index (χ2v) is 9.05. The van der Waals surface area contributed by atoms with Crippen molar-refractivity contribution in [2.45, 2.75) is 23.6 Å². The lowest BCUT2D eigenvalue weighted by Gasteiger charge is -2.35. The van der Waals surface area contributed by atoms with Crippen molar-refractivity contribution in [1.29, 1.82) is 0 Å². The minimum atomic E-state index is -4.78. The molecule has 0 saturated carbocycles. The molecule has 0 radical (unpaired) electrons. The molecule has 14 heteroatoms. The van der Waals surface area contributed by atoms with Crippen molar-refractivity contribution in [2.24, 2.45) is 0 Å². The first-order chi connectivity index (χ1) is 15.9. The maximum absolute atomic E-state index is 13.4. The molecule has 1 unspecified atom stereocenters. The zero-order valence-corrected chi connectivity index (χ0v) is 18.2. The predicted octanol–water partition coefficient (Wildman–Crippen LogP) is 2.25. The van der Waals surface area contributed by atoms with Gasteiger partial charge in [-0.05, 0) is 36.4 Å². The van der Waals surface area contributed by atoms with Crippen LogP contribution in [0, 0.1) is 0 Å². The number of anilines is 2. The minimum Gasteiger partial charge on any atom is -0.486 e. The van der Waals surface area contributed by atoms with Crippen LogP contribution in [0.25, 0.3) is 0 Å². The van der Waals surface area contributed by atoms with Gasteiger partial charge in [0.15, 0.2) is 0 Å². The SMILES string of the molecule is O=C(O)Nc1ccc2c(c1)N(S(=O)(=O)c1cccc(C(F)(F)F)c1)CC(CC(=O)NCCO)O2. The molecule has 0 spiro atoms. The molecule has 1 atom stereocenters. The number of aliphatic hydroxyl groups is 1. The van der Waals surface area contributed by atoms with E-state index in [0.29, 0.717) is 6.07 Å². The normalized spacial score (nSPS) is 15.8. The molecule has 0 saturated heterocycles. The highest BCUT2D eigenvalue weighted by atomic mass is 32.2. The van der Waals surface area contributed by atoms with Crippen molar-refractivity contribution < 1.29 is 46.1 Å². The van der Waals surface area contributed by atoms with Gasteiger partial charge in [0.25, 0.3) is 10.0 Å². The van der Waals surface area contributed by atoms with Crippen LogP contribution in [-0.2, 0) is 21.0 Å². The number of benzene rings is 2. The Bertz CT molecular complexity index is 1190. The van der Waals surface area contributed by atoms with E-state index in [2.05, 4.69) is 10.6 Å². The summed E-state index contributed by atoms with van der Waals surface area (Å²) in [5.74, 6) is -0.555. The van der Waals surface area contributed by atoms with E-state index in [1.54, 1.807) is 0 Å². The number of nitrogens with one attached hydrogen (secondary N) is 2. The quantitative estimate of drug-likeness (QED) is 0.453. The predicted molar refractivity (Wildman–Crippen MR) is 113 cm³/mol. The summed E-state index contributed by atoms with van der Waals surface area (Å²) in [6.07, 6.45) is -7.50. The number of rotatable bonds is 7. The zero-order chi connectivity index (χ0) is 25.1. The van der Waals surface area contributed by atoms with E-state index in [0.717, 1.165) is 28.6 Å². The fourth-order valence-electron chi connectivity index (χ4n) is 3.28. The Balaban J connectivity index is 2.04. The first-order valence-corrected chi connectivity index (χ1v) is 11.2. The molecule has 0 fully saturated rings. The van der Waals surface area contributed by atoms with E-state index in [1.807, 2.05) is 0 Å². The third-order valence-corrected chi connectivity index (χ3v) is 6.51. The second-order valence-electron chi connectivity index (χ2n) is 7.19. The van der Waals surface area contributed by atoms with Crippen LogP contribution in [0.3, 0.4) is 0 Å². The van der Waals surface area contributed by atoms with E-state index in [1.165, 1.54) is 12.1 Å². The number of fused-ring (bicyclic) bond motifs is 1. The summed E-state index contributed by atoms with van der Waals surface area (Å²) in [6, 6.07) is 6.93. The molecule has 34 heavy (non-hydrogen) atoms. The number of amides is 2. The summed E-state index contributed by atoms with van der Waals surface area (Å²) >= 11 is 0. The minimum absolute atomic E-state index is 0.00164. The van der Waals surface area contributed by atoms with Crippen LogP contribution < -0.4 is 19.7 Å². The van der Waals surface area contributed by atoms with Gasteiger partial charge in [0.05, 0.1) is 35.7 Å². The van der Waals surface area contributed by atoms with Gasteiger partial charge in [0.2, 0.25) is 5.91 Å². The molecular formula is C20H20F3N3O7S. The van der Waals surface area contributed by atoms with Gasteiger partial charge < -0.3 is 20.3 Å². The Morgan fingerprint density at radius 2 is 1.91 bits per heavy atom. The van der Waals surface area contributed by atoms with Crippen LogP contribution in [0.4, 0.5) is 29.3 Å². The van der Waals surface area contributed by atoms with E-state index in [4.69, 9.17) is 14.9 Å². The molecule has 1 heterocycles. The number of carboxylic acid groups (broad SMARTS) is 1. The molecule has 10 nitrogen and oxygen atoms in total. The molecule has 1 aliphatic heterocycles. The first-order valence-electron chi connectivity index (χ1n) is 9.80. The zero-order valence-electron chi connectivity index (χ0n) is 17.4. The van der Waals surface area contributed by atoms with Crippen molar-refractivity contribution in [3.63, 3.8) is 0 Å². The number of carbonyl (C=O) groups excluding carboxylic acids is 1. The molecule has 2 aromatic carbocycles. The van der Waals surface area contributed by atoms with Crippen molar-refractivity contribution in [3.8, 4) is 5.75 Å². The number of alkyl halides is 3. The third-order valence-electron chi connectivity index (χ3n) is 4.74. The van der Waals surface area contributed by atoms with E-state index in [9.17, 15) is 31.2 Å². The van der Waals surface area contributed by atoms with E-state index < -0.39 is 51.3 Å². The monoisotopic (exact) mass is 503 g/mol. The molecule has 0 aromatic heterocycles. The molecule has 2 amide bonds. The summed E-state index contributed by atoms with van der Waals surface area (Å²) < 4.78 is 72.8. The summed E-state index contributed by atoms with van der Waals surface area (Å²) in [7, 11) is -4.58. The Kier molecular flexibility index (Phi) is 7.21. The van der Waals surface area contributed by atoms with Crippen molar-refractivity contribution in [1.82, 2.24) is 5.32 Å². The van der Waals surface area contributed by atoms with Gasteiger partial charge in [-0.2, -0.15) is 13.2 Å². The fraction of sp³-hybridized carbons (Fsp3) is 0.300. The van der Waals surface area contributed by atoms with Gasteiger partial charge in [-0.25, -0.2) is 13.2 Å². The average molecular weight is 503 g/mol. The van der Waals surface area contributed by atoms with Crippen LogP contribution >= 0.6 is 0 Å². The summed E-state index contributed by atoms with van der Waals surface area (Å²) in [5, 5.41) is 22.3. The Morgan fingerprint density at radius 1 is 1.18 bits per heavy atom. The number of nitrogens with zero attached hydrogens (tertiary/aromatic N) is 1. The lowest BCUT2D eigenvalue weighted by molar-refractivity contribution is -0.137. The van der Waals surface area contributed by atoms with Gasteiger partial charge in [0, 0.05) is 12.2 Å². The number of sulfonamides is 1. The molecule has 3 rings (SSSR count). The number of ether oxygens (including phenoxy) is 1. The molecule has 0 aliphatic carbocycles. The van der Waals surface area contributed by atoms with Crippen LogP contribution in [0.2, 0.25) is 0 Å². The number of hydrogen-bond donors (Lipinski definition) is 4. The largest absolute Gasteiger partial charge is 0.486 e. The highest BCUT2D eigenvalue weighted by molar-refractivity contribution is 7.92. The second kappa shape index (κ2) is 9.77. The highest BCUT2D eigenvalue weighted by Gasteiger charge is 2.37. The maximum Gasteiger partial charge on any atom is 0.416 e. The number of aliphatic hydroxyl groups excluding tert-OH is 1. The van der Waals surface area contributed by atoms with E-state index in [-0.39, 0.29) is 36.7 Å². The topological polar surface area (TPSA) is 145 Å². The van der Waals surface area contributed by atoms with Crippen LogP contribution in [0.5, 0.6) is 5.75 Å². The summed E-state index contributed by atoms with van der Waals surface area (Å²) in [6.45, 7) is -0.775. The Labute approximate surface area is 192 Å². The number of hydrogen-bond acceptors (Lipinski definition) is 6. The summed E-state index contributed by atoms with van der Waals surface area (Å²) in [4.78, 5) is 22.4.